The number of carbonyl (C=O) groups excluding carboxylic acids is 2. The standard InChI is InChI=1S/C20H20N2O5S3/c1-27-19(24)12-22-16-9-8-15(30(3,25)26)11-17(16)29-20(22)21-18(23)10-13-4-6-14(28-2)7-5-13/h4-9,11H,10,12H2,1-3H3. The number of carbonyl (C=O) groups is 2. The number of ether oxygens (including phenoxy) is 1. The highest BCUT2D eigenvalue weighted by Gasteiger charge is 2.15. The fourth-order valence-electron chi connectivity index (χ4n) is 2.78. The molecule has 0 atom stereocenters. The van der Waals surface area contributed by atoms with Gasteiger partial charge in [0, 0.05) is 11.2 Å². The lowest BCUT2D eigenvalue weighted by atomic mass is 10.1. The summed E-state index contributed by atoms with van der Waals surface area (Å²) in [5.41, 5.74) is 1.44. The van der Waals surface area contributed by atoms with Crippen LogP contribution in [0.4, 0.5) is 0 Å². The van der Waals surface area contributed by atoms with Gasteiger partial charge in [0.1, 0.15) is 6.54 Å². The number of sulfone groups is 1. The molecule has 0 aliphatic heterocycles. The molecule has 3 aromatic rings. The van der Waals surface area contributed by atoms with Gasteiger partial charge in [-0.2, -0.15) is 4.99 Å². The molecule has 0 saturated carbocycles. The van der Waals surface area contributed by atoms with Crippen LogP contribution in [0.15, 0.2) is 57.2 Å². The van der Waals surface area contributed by atoms with E-state index in [1.165, 1.54) is 19.2 Å². The lowest BCUT2D eigenvalue weighted by molar-refractivity contribution is -0.141. The molecule has 7 nitrogen and oxygen atoms in total. The van der Waals surface area contributed by atoms with Crippen LogP contribution in [-0.4, -0.2) is 44.5 Å². The van der Waals surface area contributed by atoms with E-state index < -0.39 is 15.8 Å². The van der Waals surface area contributed by atoms with Crippen molar-refractivity contribution in [1.29, 1.82) is 0 Å². The minimum atomic E-state index is -3.39. The number of aromatic nitrogens is 1. The Labute approximate surface area is 182 Å². The molecule has 0 bridgehead atoms. The molecule has 2 aromatic carbocycles. The second-order valence-electron chi connectivity index (χ2n) is 6.48. The summed E-state index contributed by atoms with van der Waals surface area (Å²) in [5, 5.41) is 0. The lowest BCUT2D eigenvalue weighted by Crippen LogP contribution is -2.22. The van der Waals surface area contributed by atoms with Gasteiger partial charge in [-0.05, 0) is 42.2 Å². The number of hydrogen-bond donors (Lipinski definition) is 0. The van der Waals surface area contributed by atoms with E-state index in [4.69, 9.17) is 4.74 Å². The van der Waals surface area contributed by atoms with E-state index in [-0.39, 0.29) is 23.8 Å². The Morgan fingerprint density at radius 2 is 1.87 bits per heavy atom. The normalized spacial score (nSPS) is 12.3. The molecule has 0 radical (unpaired) electrons. The first kappa shape index (κ1) is 22.3. The maximum atomic E-state index is 12.6. The highest BCUT2D eigenvalue weighted by molar-refractivity contribution is 7.98. The second kappa shape index (κ2) is 9.15. The van der Waals surface area contributed by atoms with E-state index in [1.54, 1.807) is 22.4 Å². The molecule has 0 N–H and O–H groups in total. The van der Waals surface area contributed by atoms with Crippen molar-refractivity contribution in [2.45, 2.75) is 22.8 Å². The predicted molar refractivity (Wildman–Crippen MR) is 117 cm³/mol. The molecular weight excluding hydrogens is 444 g/mol. The van der Waals surface area contributed by atoms with Crippen LogP contribution in [0, 0.1) is 0 Å². The predicted octanol–water partition coefficient (Wildman–Crippen LogP) is 2.67. The molecule has 1 aromatic heterocycles. The number of esters is 1. The summed E-state index contributed by atoms with van der Waals surface area (Å²) in [6.45, 7) is -0.136. The van der Waals surface area contributed by atoms with Crippen molar-refractivity contribution in [2.75, 3.05) is 19.6 Å². The summed E-state index contributed by atoms with van der Waals surface area (Å²) in [7, 11) is -2.11. The van der Waals surface area contributed by atoms with Crippen molar-refractivity contribution in [1.82, 2.24) is 4.57 Å². The van der Waals surface area contributed by atoms with Gasteiger partial charge in [-0.25, -0.2) is 8.42 Å². The molecule has 1 heterocycles. The number of benzene rings is 2. The van der Waals surface area contributed by atoms with Gasteiger partial charge in [-0.1, -0.05) is 23.5 Å². The first-order valence-electron chi connectivity index (χ1n) is 8.82. The zero-order chi connectivity index (χ0) is 21.9. The number of rotatable bonds is 6. The maximum Gasteiger partial charge on any atom is 0.325 e. The smallest absolute Gasteiger partial charge is 0.325 e. The minimum Gasteiger partial charge on any atom is -0.468 e. The summed E-state index contributed by atoms with van der Waals surface area (Å²) in [5.74, 6) is -0.858. The molecule has 10 heteroatoms. The van der Waals surface area contributed by atoms with Crippen molar-refractivity contribution in [3.8, 4) is 0 Å². The van der Waals surface area contributed by atoms with Gasteiger partial charge in [0.25, 0.3) is 5.91 Å². The number of thiazole rings is 1. The Morgan fingerprint density at radius 1 is 1.17 bits per heavy atom. The van der Waals surface area contributed by atoms with Gasteiger partial charge in [-0.3, -0.25) is 9.59 Å². The fourth-order valence-corrected chi connectivity index (χ4v) is 5.00. The Hall–Kier alpha value is -2.43. The quantitative estimate of drug-likeness (QED) is 0.411. The van der Waals surface area contributed by atoms with Crippen LogP contribution in [0.1, 0.15) is 5.56 Å². The van der Waals surface area contributed by atoms with E-state index in [0.29, 0.717) is 15.0 Å². The van der Waals surface area contributed by atoms with Crippen LogP contribution in [0.5, 0.6) is 0 Å². The fraction of sp³-hybridized carbons (Fsp3) is 0.250. The van der Waals surface area contributed by atoms with Crippen LogP contribution in [0.3, 0.4) is 0 Å². The molecule has 30 heavy (non-hydrogen) atoms. The first-order chi connectivity index (χ1) is 14.2. The van der Waals surface area contributed by atoms with E-state index in [0.717, 1.165) is 28.1 Å². The second-order valence-corrected chi connectivity index (χ2v) is 10.4. The molecular formula is C20H20N2O5S3. The number of thioether (sulfide) groups is 1. The third-order valence-corrected chi connectivity index (χ3v) is 7.23. The maximum absolute atomic E-state index is 12.6. The average molecular weight is 465 g/mol. The van der Waals surface area contributed by atoms with Crippen molar-refractivity contribution < 1.29 is 22.7 Å². The van der Waals surface area contributed by atoms with Gasteiger partial charge in [0.15, 0.2) is 14.6 Å². The minimum absolute atomic E-state index is 0.121. The molecule has 0 saturated heterocycles. The molecule has 1 amide bonds. The summed E-state index contributed by atoms with van der Waals surface area (Å²) < 4.78 is 30.6. The third-order valence-electron chi connectivity index (χ3n) is 4.33. The largest absolute Gasteiger partial charge is 0.468 e. The molecule has 0 spiro atoms. The first-order valence-corrected chi connectivity index (χ1v) is 12.8. The SMILES string of the molecule is COC(=O)Cn1c(=NC(=O)Cc2ccc(SC)cc2)sc2cc(S(C)(=O)=O)ccc21. The zero-order valence-electron chi connectivity index (χ0n) is 16.6. The summed E-state index contributed by atoms with van der Waals surface area (Å²) >= 11 is 2.77. The molecule has 0 unspecified atom stereocenters. The number of methoxy groups -OCH3 is 1. The van der Waals surface area contributed by atoms with Crippen molar-refractivity contribution in [2.24, 2.45) is 4.99 Å². The average Bonchev–Trinajstić information content (AvgIpc) is 3.03. The van der Waals surface area contributed by atoms with Crippen LogP contribution in [-0.2, 0) is 37.1 Å². The number of hydrogen-bond acceptors (Lipinski definition) is 7. The highest BCUT2D eigenvalue weighted by Crippen LogP contribution is 2.22. The lowest BCUT2D eigenvalue weighted by Gasteiger charge is -2.04. The summed E-state index contributed by atoms with van der Waals surface area (Å²) in [6, 6.07) is 12.2. The topological polar surface area (TPSA) is 94.8 Å². The van der Waals surface area contributed by atoms with E-state index in [9.17, 15) is 18.0 Å². The highest BCUT2D eigenvalue weighted by atomic mass is 32.2. The Balaban J connectivity index is 2.03. The van der Waals surface area contributed by atoms with E-state index >= 15 is 0 Å². The Kier molecular flexibility index (Phi) is 6.79. The Morgan fingerprint density at radius 3 is 2.47 bits per heavy atom. The molecule has 0 aliphatic carbocycles. The summed E-state index contributed by atoms with van der Waals surface area (Å²) in [6.07, 6.45) is 3.23. The van der Waals surface area contributed by atoms with Crippen molar-refractivity contribution in [3.05, 3.63) is 52.8 Å². The van der Waals surface area contributed by atoms with Crippen LogP contribution in [0.2, 0.25) is 0 Å². The van der Waals surface area contributed by atoms with E-state index in [1.807, 2.05) is 30.5 Å². The number of fused-ring (bicyclic) bond motifs is 1. The Bertz CT molecular complexity index is 1270. The van der Waals surface area contributed by atoms with Crippen LogP contribution >= 0.6 is 23.1 Å². The van der Waals surface area contributed by atoms with Gasteiger partial charge < -0.3 is 9.30 Å². The molecule has 3 rings (SSSR count). The monoisotopic (exact) mass is 464 g/mol. The van der Waals surface area contributed by atoms with Crippen molar-refractivity contribution in [3.63, 3.8) is 0 Å². The van der Waals surface area contributed by atoms with Gasteiger partial charge in [0.2, 0.25) is 0 Å². The molecule has 0 aliphatic rings. The van der Waals surface area contributed by atoms with Crippen LogP contribution in [0.25, 0.3) is 10.2 Å². The van der Waals surface area contributed by atoms with Gasteiger partial charge in [-0.15, -0.1) is 11.8 Å². The third kappa shape index (κ3) is 5.18. The molecule has 158 valence electrons. The summed E-state index contributed by atoms with van der Waals surface area (Å²) in [4.78, 5) is 30.2. The zero-order valence-corrected chi connectivity index (χ0v) is 19.1. The van der Waals surface area contributed by atoms with Crippen LogP contribution < -0.4 is 4.80 Å². The van der Waals surface area contributed by atoms with E-state index in [2.05, 4.69) is 4.99 Å². The van der Waals surface area contributed by atoms with Gasteiger partial charge in [0.05, 0.1) is 28.6 Å². The van der Waals surface area contributed by atoms with Gasteiger partial charge >= 0.3 is 5.97 Å². The number of amides is 1. The molecule has 0 fully saturated rings. The number of nitrogens with zero attached hydrogens (tertiary/aromatic N) is 2. The van der Waals surface area contributed by atoms with Crippen molar-refractivity contribution >= 4 is 55.0 Å².